The molecule has 5 rings (SSSR count). The summed E-state index contributed by atoms with van der Waals surface area (Å²) in [7, 11) is 5.60. The number of methoxy groups -OCH3 is 1. The summed E-state index contributed by atoms with van der Waals surface area (Å²) in [6.07, 6.45) is 1.21. The van der Waals surface area contributed by atoms with E-state index in [9.17, 15) is 9.90 Å². The number of hydrogen-bond acceptors (Lipinski definition) is 7. The van der Waals surface area contributed by atoms with Crippen LogP contribution in [0.4, 0.5) is 11.4 Å². The minimum Gasteiger partial charge on any atom is -0.508 e. The number of amides is 1. The van der Waals surface area contributed by atoms with Crippen LogP contribution in [0.5, 0.6) is 17.2 Å². The second-order valence-electron chi connectivity index (χ2n) is 9.89. The van der Waals surface area contributed by atoms with Crippen LogP contribution in [0.25, 0.3) is 10.4 Å². The van der Waals surface area contributed by atoms with Crippen LogP contribution in [-0.2, 0) is 4.74 Å². The molecule has 2 aliphatic rings. The number of anilines is 1. The van der Waals surface area contributed by atoms with E-state index in [4.69, 9.17) is 14.2 Å². The second-order valence-corrected chi connectivity index (χ2v) is 10.9. The van der Waals surface area contributed by atoms with Gasteiger partial charge in [-0.05, 0) is 54.7 Å². The van der Waals surface area contributed by atoms with E-state index < -0.39 is 0 Å². The molecule has 37 heavy (non-hydrogen) atoms. The lowest BCUT2D eigenvalue weighted by atomic mass is 9.79. The van der Waals surface area contributed by atoms with Crippen molar-refractivity contribution in [2.24, 2.45) is 4.99 Å². The number of quaternary nitrogens is 1. The number of aromatic hydroxyl groups is 1. The van der Waals surface area contributed by atoms with Gasteiger partial charge in [0.1, 0.15) is 37.0 Å². The summed E-state index contributed by atoms with van der Waals surface area (Å²) in [6, 6.07) is 14.2. The predicted molar refractivity (Wildman–Crippen MR) is 146 cm³/mol. The van der Waals surface area contributed by atoms with Crippen molar-refractivity contribution in [1.82, 2.24) is 0 Å². The molecule has 194 valence electrons. The fraction of sp³-hybridized carbons (Fsp3) is 0.357. The molecule has 0 bridgehead atoms. The third kappa shape index (κ3) is 4.47. The predicted octanol–water partition coefficient (Wildman–Crippen LogP) is 4.74. The van der Waals surface area contributed by atoms with Crippen molar-refractivity contribution in [2.75, 3.05) is 59.0 Å². The lowest BCUT2D eigenvalue weighted by molar-refractivity contribution is -1.01. The number of nitrogens with zero attached hydrogens (tertiary/aromatic N) is 3. The maximum absolute atomic E-state index is 13.4. The van der Waals surface area contributed by atoms with Gasteiger partial charge in [0.15, 0.2) is 17.0 Å². The van der Waals surface area contributed by atoms with Gasteiger partial charge in [-0.25, -0.2) is 0 Å². The fourth-order valence-electron chi connectivity index (χ4n) is 4.98. The number of likely N-dealkylation sites (N-methyl/N-ethyl adjacent to an activating group) is 1. The Balaban J connectivity index is 1.29. The molecule has 0 radical (unpaired) electrons. The highest BCUT2D eigenvalue weighted by Gasteiger charge is 2.61. The lowest BCUT2D eigenvalue weighted by Crippen LogP contribution is -2.80. The molecule has 1 amide bonds. The Hall–Kier alpha value is -3.40. The Morgan fingerprint density at radius 3 is 2.57 bits per heavy atom. The van der Waals surface area contributed by atoms with E-state index in [1.165, 1.54) is 17.8 Å². The smallest absolute Gasteiger partial charge is 0.270 e. The maximum atomic E-state index is 13.4. The molecule has 8 nitrogen and oxygen atoms in total. The van der Waals surface area contributed by atoms with Crippen LogP contribution in [0.2, 0.25) is 0 Å². The van der Waals surface area contributed by atoms with Gasteiger partial charge in [0.2, 0.25) is 0 Å². The number of carbonyl (C=O) groups is 1. The van der Waals surface area contributed by atoms with Crippen molar-refractivity contribution in [3.63, 3.8) is 0 Å². The molecule has 2 fully saturated rings. The van der Waals surface area contributed by atoms with Crippen molar-refractivity contribution in [3.8, 4) is 27.7 Å². The molecule has 3 aromatic rings. The van der Waals surface area contributed by atoms with Crippen LogP contribution in [0.15, 0.2) is 53.5 Å². The molecule has 1 spiro atoms. The van der Waals surface area contributed by atoms with Crippen LogP contribution in [0.3, 0.4) is 0 Å². The van der Waals surface area contributed by atoms with Crippen LogP contribution < -0.4 is 14.4 Å². The van der Waals surface area contributed by atoms with Crippen molar-refractivity contribution in [1.29, 1.82) is 0 Å². The number of ether oxygens (including phenoxy) is 3. The van der Waals surface area contributed by atoms with E-state index in [2.05, 4.69) is 18.8 Å². The molecule has 1 unspecified atom stereocenters. The van der Waals surface area contributed by atoms with E-state index in [-0.39, 0.29) is 17.2 Å². The van der Waals surface area contributed by atoms with Crippen LogP contribution in [0, 0.1) is 0 Å². The first-order valence-electron chi connectivity index (χ1n) is 12.2. The van der Waals surface area contributed by atoms with Gasteiger partial charge in [-0.1, -0.05) is 0 Å². The molecule has 3 heterocycles. The van der Waals surface area contributed by atoms with E-state index in [0.717, 1.165) is 41.2 Å². The average Bonchev–Trinajstić information content (AvgIpc) is 3.31. The van der Waals surface area contributed by atoms with Gasteiger partial charge in [0.25, 0.3) is 5.91 Å². The number of likely N-dealkylation sites (tertiary alicyclic amines) is 1. The van der Waals surface area contributed by atoms with Gasteiger partial charge in [-0.2, -0.15) is 0 Å². The van der Waals surface area contributed by atoms with Gasteiger partial charge >= 0.3 is 0 Å². The van der Waals surface area contributed by atoms with Crippen molar-refractivity contribution >= 4 is 35.3 Å². The minimum absolute atomic E-state index is 0.188. The van der Waals surface area contributed by atoms with Gasteiger partial charge < -0.3 is 28.7 Å². The van der Waals surface area contributed by atoms with Gasteiger partial charge in [-0.15, -0.1) is 11.3 Å². The molecule has 2 aliphatic heterocycles. The maximum Gasteiger partial charge on any atom is 0.270 e. The molecule has 1 aromatic heterocycles. The number of carbonyl (C=O) groups excluding carboxylic acids is 1. The molecular weight excluding hydrogens is 490 g/mol. The van der Waals surface area contributed by atoms with Gasteiger partial charge in [-0.3, -0.25) is 9.79 Å². The zero-order valence-electron chi connectivity index (χ0n) is 21.4. The second kappa shape index (κ2) is 9.81. The van der Waals surface area contributed by atoms with E-state index in [0.29, 0.717) is 34.4 Å². The van der Waals surface area contributed by atoms with Crippen molar-refractivity contribution < 1.29 is 28.6 Å². The molecule has 2 aromatic carbocycles. The molecule has 9 heteroatoms. The highest BCUT2D eigenvalue weighted by atomic mass is 32.1. The Bertz CT molecular complexity index is 1310. The monoisotopic (exact) mass is 522 g/mol. The molecular formula is C28H32N3O5S+. The third-order valence-electron chi connectivity index (χ3n) is 7.87. The molecule has 0 saturated carbocycles. The van der Waals surface area contributed by atoms with Crippen molar-refractivity contribution in [3.05, 3.63) is 53.4 Å². The summed E-state index contributed by atoms with van der Waals surface area (Å²) in [5.41, 5.74) is 2.37. The number of benzene rings is 2. The van der Waals surface area contributed by atoms with E-state index >= 15 is 0 Å². The Morgan fingerprint density at radius 2 is 1.97 bits per heavy atom. The standard InChI is InChI=1S/C28H31N3O5S/c1-29-22-16-25(19-5-8-21(32)9-6-19)37-26(22)27(33)30(2)20-7-10-23(24(15-20)34-4)36-14-13-31(3)12-11-28(31)17-35-18-28/h5-10,15-16H,1,11-14,17-18H2,2-4H3/p+1. The summed E-state index contributed by atoms with van der Waals surface area (Å²) in [5.74, 6) is 1.21. The summed E-state index contributed by atoms with van der Waals surface area (Å²) in [6.45, 7) is 7.95. The third-order valence-corrected chi connectivity index (χ3v) is 9.03. The SMILES string of the molecule is C=Nc1cc(-c2ccc(O)cc2)sc1C(=O)N(C)c1ccc(OCC[N+]2(C)CCC23COC3)c(OC)c1. The molecule has 1 N–H and O–H groups in total. The normalized spacial score (nSPS) is 19.5. The number of aliphatic imine (C=N–C) groups is 1. The number of phenolic OH excluding ortho intramolecular Hbond substituents is 1. The molecule has 0 aliphatic carbocycles. The summed E-state index contributed by atoms with van der Waals surface area (Å²) < 4.78 is 18.2. The first kappa shape index (κ1) is 25.3. The zero-order chi connectivity index (χ0) is 26.2. The Labute approximate surface area is 220 Å². The molecule has 2 saturated heterocycles. The van der Waals surface area contributed by atoms with Crippen LogP contribution >= 0.6 is 11.3 Å². The van der Waals surface area contributed by atoms with Crippen LogP contribution in [0.1, 0.15) is 16.1 Å². The average molecular weight is 523 g/mol. The van der Waals surface area contributed by atoms with Gasteiger partial charge in [0, 0.05) is 23.7 Å². The van der Waals surface area contributed by atoms with Gasteiger partial charge in [0.05, 0.1) is 32.8 Å². The largest absolute Gasteiger partial charge is 0.508 e. The highest BCUT2D eigenvalue weighted by Crippen LogP contribution is 2.43. The number of phenols is 1. The van der Waals surface area contributed by atoms with E-state index in [1.807, 2.05) is 24.3 Å². The Morgan fingerprint density at radius 1 is 1.22 bits per heavy atom. The first-order chi connectivity index (χ1) is 17.8. The fourth-order valence-corrected chi connectivity index (χ4v) is 6.08. The number of hydrogen-bond donors (Lipinski definition) is 1. The zero-order valence-corrected chi connectivity index (χ0v) is 22.2. The summed E-state index contributed by atoms with van der Waals surface area (Å²) in [4.78, 5) is 20.4. The minimum atomic E-state index is -0.198. The van der Waals surface area contributed by atoms with Crippen molar-refractivity contribution in [2.45, 2.75) is 12.0 Å². The van der Waals surface area contributed by atoms with E-state index in [1.54, 1.807) is 43.3 Å². The topological polar surface area (TPSA) is 80.6 Å². The number of thiophene rings is 1. The Kier molecular flexibility index (Phi) is 6.70. The quantitative estimate of drug-likeness (QED) is 0.325. The summed E-state index contributed by atoms with van der Waals surface area (Å²) >= 11 is 1.34. The number of rotatable bonds is 9. The van der Waals surface area contributed by atoms with Crippen LogP contribution in [-0.4, -0.2) is 81.9 Å². The highest BCUT2D eigenvalue weighted by molar-refractivity contribution is 7.18. The molecule has 1 atom stereocenters. The summed E-state index contributed by atoms with van der Waals surface area (Å²) in [5, 5.41) is 9.58. The lowest BCUT2D eigenvalue weighted by Gasteiger charge is -2.62. The first-order valence-corrected chi connectivity index (χ1v) is 13.0.